The second kappa shape index (κ2) is 10.0. The molecule has 0 aromatic heterocycles. The van der Waals surface area contributed by atoms with Gasteiger partial charge in [0.15, 0.2) is 0 Å². The minimum Gasteiger partial charge on any atom is -0.495 e. The summed E-state index contributed by atoms with van der Waals surface area (Å²) < 4.78 is 50.8. The zero-order chi connectivity index (χ0) is 21.6. The molecule has 1 amide bonds. The second-order valence-electron chi connectivity index (χ2n) is 6.90. The molecule has 0 atom stereocenters. The molecular formula is C21H25FN2O5S. The van der Waals surface area contributed by atoms with Gasteiger partial charge in [-0.05, 0) is 41.8 Å². The maximum atomic E-state index is 13.0. The Labute approximate surface area is 175 Å². The van der Waals surface area contributed by atoms with Crippen molar-refractivity contribution in [3.8, 4) is 5.75 Å². The summed E-state index contributed by atoms with van der Waals surface area (Å²) in [7, 11) is -2.34. The van der Waals surface area contributed by atoms with Gasteiger partial charge < -0.3 is 14.8 Å². The summed E-state index contributed by atoms with van der Waals surface area (Å²) in [6.45, 7) is 1.65. The van der Waals surface area contributed by atoms with Crippen molar-refractivity contribution in [1.82, 2.24) is 9.62 Å². The van der Waals surface area contributed by atoms with E-state index in [2.05, 4.69) is 5.32 Å². The Hall–Kier alpha value is -2.49. The van der Waals surface area contributed by atoms with E-state index in [1.54, 1.807) is 24.3 Å². The van der Waals surface area contributed by atoms with E-state index in [0.29, 0.717) is 31.7 Å². The zero-order valence-corrected chi connectivity index (χ0v) is 17.6. The summed E-state index contributed by atoms with van der Waals surface area (Å²) in [6, 6.07) is 10.8. The van der Waals surface area contributed by atoms with Crippen molar-refractivity contribution in [1.29, 1.82) is 0 Å². The first-order chi connectivity index (χ1) is 14.4. The van der Waals surface area contributed by atoms with Gasteiger partial charge >= 0.3 is 0 Å². The highest BCUT2D eigenvalue weighted by atomic mass is 32.2. The largest absolute Gasteiger partial charge is 0.495 e. The van der Waals surface area contributed by atoms with E-state index in [1.165, 1.54) is 29.6 Å². The molecule has 30 heavy (non-hydrogen) atoms. The van der Waals surface area contributed by atoms with E-state index in [1.807, 2.05) is 0 Å². The number of carbonyl (C=O) groups is 1. The zero-order valence-electron chi connectivity index (χ0n) is 16.8. The number of benzene rings is 2. The topological polar surface area (TPSA) is 84.9 Å². The van der Waals surface area contributed by atoms with Gasteiger partial charge in [0.05, 0.1) is 26.7 Å². The smallest absolute Gasteiger partial charge is 0.246 e. The van der Waals surface area contributed by atoms with Crippen molar-refractivity contribution >= 4 is 15.9 Å². The molecule has 0 spiro atoms. The van der Waals surface area contributed by atoms with Crippen LogP contribution in [-0.2, 0) is 32.4 Å². The molecule has 1 fully saturated rings. The molecule has 0 saturated carbocycles. The van der Waals surface area contributed by atoms with Crippen LogP contribution in [0.15, 0.2) is 47.4 Å². The van der Waals surface area contributed by atoms with Gasteiger partial charge in [-0.15, -0.1) is 0 Å². The standard InChI is InChI=1S/C21H25FN2O5S/c1-28-19-7-4-17(14-20(19)30(26,27)24-10-12-29-13-11-24)15-21(25)23-9-8-16-2-5-18(22)6-3-16/h2-7,14H,8-13,15H2,1H3,(H,23,25). The second-order valence-corrected chi connectivity index (χ2v) is 8.81. The van der Waals surface area contributed by atoms with Gasteiger partial charge in [-0.1, -0.05) is 18.2 Å². The summed E-state index contributed by atoms with van der Waals surface area (Å²) in [5, 5.41) is 2.80. The summed E-state index contributed by atoms with van der Waals surface area (Å²) in [6.07, 6.45) is 0.615. The van der Waals surface area contributed by atoms with Crippen LogP contribution in [0.4, 0.5) is 4.39 Å². The van der Waals surface area contributed by atoms with Gasteiger partial charge in [0.25, 0.3) is 0 Å². The number of hydrogen-bond donors (Lipinski definition) is 1. The quantitative estimate of drug-likeness (QED) is 0.682. The minimum absolute atomic E-state index is 0.0407. The number of amides is 1. The molecule has 1 N–H and O–H groups in total. The Balaban J connectivity index is 1.65. The highest BCUT2D eigenvalue weighted by Crippen LogP contribution is 2.28. The van der Waals surface area contributed by atoms with Crippen LogP contribution in [0.3, 0.4) is 0 Å². The van der Waals surface area contributed by atoms with Crippen LogP contribution in [0.25, 0.3) is 0 Å². The Morgan fingerprint density at radius 1 is 1.13 bits per heavy atom. The molecule has 1 aliphatic heterocycles. The predicted molar refractivity (Wildman–Crippen MR) is 109 cm³/mol. The summed E-state index contributed by atoms with van der Waals surface area (Å²) in [5.41, 5.74) is 1.49. The number of rotatable bonds is 8. The maximum absolute atomic E-state index is 13.0. The fourth-order valence-corrected chi connectivity index (χ4v) is 4.82. The number of halogens is 1. The van der Waals surface area contributed by atoms with Crippen molar-refractivity contribution < 1.29 is 27.1 Å². The molecule has 162 valence electrons. The number of ether oxygens (including phenoxy) is 2. The molecule has 2 aromatic carbocycles. The number of nitrogens with zero attached hydrogens (tertiary/aromatic N) is 1. The molecule has 2 aromatic rings. The number of morpholine rings is 1. The summed E-state index contributed by atoms with van der Waals surface area (Å²) in [5.74, 6) is -0.288. The monoisotopic (exact) mass is 436 g/mol. The van der Waals surface area contributed by atoms with Gasteiger partial charge in [0, 0.05) is 19.6 Å². The number of carbonyl (C=O) groups excluding carboxylic acids is 1. The molecule has 7 nitrogen and oxygen atoms in total. The first-order valence-corrected chi connectivity index (χ1v) is 11.1. The van der Waals surface area contributed by atoms with E-state index in [-0.39, 0.29) is 41.9 Å². The highest BCUT2D eigenvalue weighted by molar-refractivity contribution is 7.89. The number of sulfonamides is 1. The number of nitrogens with one attached hydrogen (secondary N) is 1. The lowest BCUT2D eigenvalue weighted by molar-refractivity contribution is -0.120. The van der Waals surface area contributed by atoms with Gasteiger partial charge in [-0.25, -0.2) is 12.8 Å². The number of hydrogen-bond acceptors (Lipinski definition) is 5. The van der Waals surface area contributed by atoms with Crippen LogP contribution in [0.1, 0.15) is 11.1 Å². The van der Waals surface area contributed by atoms with Crippen molar-refractivity contribution in [2.24, 2.45) is 0 Å². The molecule has 0 bridgehead atoms. The summed E-state index contributed by atoms with van der Waals surface area (Å²) >= 11 is 0. The molecular weight excluding hydrogens is 411 g/mol. The molecule has 9 heteroatoms. The third-order valence-corrected chi connectivity index (χ3v) is 6.75. The Bertz CT molecular complexity index is 973. The van der Waals surface area contributed by atoms with Crippen molar-refractivity contribution in [3.05, 3.63) is 59.4 Å². The van der Waals surface area contributed by atoms with E-state index in [0.717, 1.165) is 5.56 Å². The average Bonchev–Trinajstić information content (AvgIpc) is 2.75. The Morgan fingerprint density at radius 3 is 2.47 bits per heavy atom. The molecule has 1 aliphatic rings. The van der Waals surface area contributed by atoms with Gasteiger partial charge in [0.1, 0.15) is 16.5 Å². The van der Waals surface area contributed by atoms with Crippen LogP contribution in [0.2, 0.25) is 0 Å². The van der Waals surface area contributed by atoms with E-state index < -0.39 is 10.0 Å². The van der Waals surface area contributed by atoms with Crippen molar-refractivity contribution in [3.63, 3.8) is 0 Å². The first kappa shape index (κ1) is 22.2. The van der Waals surface area contributed by atoms with E-state index >= 15 is 0 Å². The lowest BCUT2D eigenvalue weighted by atomic mass is 10.1. The molecule has 1 heterocycles. The predicted octanol–water partition coefficient (Wildman–Crippen LogP) is 1.76. The molecule has 0 radical (unpaired) electrons. The van der Waals surface area contributed by atoms with Gasteiger partial charge in [0.2, 0.25) is 15.9 Å². The molecule has 0 aliphatic carbocycles. The lowest BCUT2D eigenvalue weighted by Gasteiger charge is -2.26. The molecule has 1 saturated heterocycles. The minimum atomic E-state index is -3.75. The Kier molecular flexibility index (Phi) is 7.41. The third kappa shape index (κ3) is 5.56. The van der Waals surface area contributed by atoms with Crippen molar-refractivity contribution in [2.75, 3.05) is 40.0 Å². The van der Waals surface area contributed by atoms with Crippen LogP contribution >= 0.6 is 0 Å². The SMILES string of the molecule is COc1ccc(CC(=O)NCCc2ccc(F)cc2)cc1S(=O)(=O)N1CCOCC1. The normalized spacial score (nSPS) is 15.0. The fourth-order valence-electron chi connectivity index (χ4n) is 3.20. The third-order valence-electron chi connectivity index (χ3n) is 4.83. The van der Waals surface area contributed by atoms with Crippen molar-refractivity contribution in [2.45, 2.75) is 17.7 Å². The maximum Gasteiger partial charge on any atom is 0.246 e. The lowest BCUT2D eigenvalue weighted by Crippen LogP contribution is -2.40. The van der Waals surface area contributed by atoms with Gasteiger partial charge in [-0.2, -0.15) is 4.31 Å². The van der Waals surface area contributed by atoms with E-state index in [9.17, 15) is 17.6 Å². The number of methoxy groups -OCH3 is 1. The van der Waals surface area contributed by atoms with Crippen LogP contribution < -0.4 is 10.1 Å². The first-order valence-electron chi connectivity index (χ1n) is 9.66. The van der Waals surface area contributed by atoms with Crippen LogP contribution in [-0.4, -0.2) is 58.6 Å². The highest BCUT2D eigenvalue weighted by Gasteiger charge is 2.29. The Morgan fingerprint density at radius 2 is 1.80 bits per heavy atom. The van der Waals surface area contributed by atoms with Gasteiger partial charge in [-0.3, -0.25) is 4.79 Å². The fraction of sp³-hybridized carbons (Fsp3) is 0.381. The summed E-state index contributed by atoms with van der Waals surface area (Å²) in [4.78, 5) is 12.3. The average molecular weight is 437 g/mol. The van der Waals surface area contributed by atoms with Crippen LogP contribution in [0.5, 0.6) is 5.75 Å². The molecule has 0 unspecified atom stereocenters. The van der Waals surface area contributed by atoms with Crippen LogP contribution in [0, 0.1) is 5.82 Å². The van der Waals surface area contributed by atoms with E-state index in [4.69, 9.17) is 9.47 Å². The molecule has 3 rings (SSSR count).